The van der Waals surface area contributed by atoms with Gasteiger partial charge in [-0.25, -0.2) is 4.39 Å². The molecule has 0 saturated heterocycles. The van der Waals surface area contributed by atoms with Gasteiger partial charge in [-0.2, -0.15) is 0 Å². The van der Waals surface area contributed by atoms with Crippen molar-refractivity contribution in [1.29, 1.82) is 0 Å². The van der Waals surface area contributed by atoms with E-state index in [1.807, 2.05) is 0 Å². The molecule has 0 aliphatic heterocycles. The average molecular weight is 272 g/mol. The molecule has 0 spiro atoms. The molecular weight excluding hydrogens is 264 g/mol. The number of ether oxygens (including phenoxy) is 1. The second-order valence-electron chi connectivity index (χ2n) is 3.33. The van der Waals surface area contributed by atoms with Gasteiger partial charge < -0.3 is 10.5 Å². The summed E-state index contributed by atoms with van der Waals surface area (Å²) in [5.41, 5.74) is 5.48. The van der Waals surface area contributed by atoms with E-state index in [1.165, 1.54) is 18.2 Å². The highest BCUT2D eigenvalue weighted by atomic mass is 35.5. The lowest BCUT2D eigenvalue weighted by atomic mass is 10.3. The number of para-hydroxylation sites is 1. The van der Waals surface area contributed by atoms with Gasteiger partial charge in [0.25, 0.3) is 0 Å². The molecule has 2 aromatic rings. The first-order valence-corrected chi connectivity index (χ1v) is 5.50. The lowest BCUT2D eigenvalue weighted by Gasteiger charge is -2.10. The summed E-state index contributed by atoms with van der Waals surface area (Å²) in [5, 5.41) is 0.829. The highest BCUT2D eigenvalue weighted by Crippen LogP contribution is 2.34. The van der Waals surface area contributed by atoms with Crippen LogP contribution in [0.25, 0.3) is 0 Å². The fraction of sp³-hybridized carbons (Fsp3) is 0. The van der Waals surface area contributed by atoms with Gasteiger partial charge in [-0.1, -0.05) is 29.3 Å². The molecule has 0 fully saturated rings. The molecule has 0 radical (unpaired) electrons. The molecule has 0 heterocycles. The third kappa shape index (κ3) is 2.62. The van der Waals surface area contributed by atoms with Crippen molar-refractivity contribution < 1.29 is 9.13 Å². The van der Waals surface area contributed by atoms with Crippen LogP contribution in [0, 0.1) is 5.82 Å². The van der Waals surface area contributed by atoms with Gasteiger partial charge in [-0.3, -0.25) is 0 Å². The Bertz CT molecular complexity index is 560. The summed E-state index contributed by atoms with van der Waals surface area (Å²) >= 11 is 11.7. The zero-order valence-electron chi connectivity index (χ0n) is 8.58. The van der Waals surface area contributed by atoms with Crippen LogP contribution in [0.4, 0.5) is 10.1 Å². The zero-order valence-corrected chi connectivity index (χ0v) is 10.1. The van der Waals surface area contributed by atoms with Crippen LogP contribution in [0.5, 0.6) is 11.5 Å². The molecule has 0 aromatic heterocycles. The average Bonchev–Trinajstić information content (AvgIpc) is 2.28. The summed E-state index contributed by atoms with van der Waals surface area (Å²) < 4.78 is 18.6. The van der Waals surface area contributed by atoms with Crippen LogP contribution in [0.2, 0.25) is 10.0 Å². The first-order valence-electron chi connectivity index (χ1n) is 4.75. The van der Waals surface area contributed by atoms with Gasteiger partial charge in [-0.05, 0) is 30.3 Å². The van der Waals surface area contributed by atoms with Gasteiger partial charge in [0, 0.05) is 5.02 Å². The van der Waals surface area contributed by atoms with Gasteiger partial charge in [0.2, 0.25) is 0 Å². The Balaban J connectivity index is 2.35. The third-order valence-corrected chi connectivity index (χ3v) is 2.66. The summed E-state index contributed by atoms with van der Waals surface area (Å²) in [6.45, 7) is 0. The van der Waals surface area contributed by atoms with Crippen LogP contribution in [0.1, 0.15) is 0 Å². The van der Waals surface area contributed by atoms with E-state index in [1.54, 1.807) is 18.2 Å². The van der Waals surface area contributed by atoms with Crippen LogP contribution in [0.3, 0.4) is 0 Å². The Morgan fingerprint density at radius 1 is 1.06 bits per heavy atom. The van der Waals surface area contributed by atoms with Gasteiger partial charge >= 0.3 is 0 Å². The van der Waals surface area contributed by atoms with E-state index >= 15 is 0 Å². The summed E-state index contributed by atoms with van der Waals surface area (Å²) in [4.78, 5) is 0. The molecular formula is C12H8Cl2FNO. The maximum absolute atomic E-state index is 13.2. The zero-order chi connectivity index (χ0) is 12.4. The van der Waals surface area contributed by atoms with Crippen molar-refractivity contribution in [2.75, 3.05) is 5.73 Å². The SMILES string of the molecule is Nc1c(F)cccc1Oc1ccc(Cl)cc1Cl. The molecule has 0 bridgehead atoms. The van der Waals surface area contributed by atoms with Crippen molar-refractivity contribution in [3.05, 3.63) is 52.3 Å². The van der Waals surface area contributed by atoms with Crippen molar-refractivity contribution in [2.45, 2.75) is 0 Å². The number of nitrogen functional groups attached to an aromatic ring is 1. The van der Waals surface area contributed by atoms with Crippen LogP contribution in [-0.2, 0) is 0 Å². The smallest absolute Gasteiger partial charge is 0.153 e. The number of hydrogen-bond donors (Lipinski definition) is 1. The Hall–Kier alpha value is -1.45. The monoisotopic (exact) mass is 271 g/mol. The van der Waals surface area contributed by atoms with Crippen LogP contribution < -0.4 is 10.5 Å². The van der Waals surface area contributed by atoms with Gasteiger partial charge in [0.1, 0.15) is 17.3 Å². The lowest BCUT2D eigenvalue weighted by Crippen LogP contribution is -1.95. The first-order chi connectivity index (χ1) is 8.08. The Labute approximate surface area is 108 Å². The van der Waals surface area contributed by atoms with Crippen molar-refractivity contribution in [3.8, 4) is 11.5 Å². The lowest BCUT2D eigenvalue weighted by molar-refractivity contribution is 0.480. The fourth-order valence-electron chi connectivity index (χ4n) is 1.28. The van der Waals surface area contributed by atoms with Crippen molar-refractivity contribution >= 4 is 28.9 Å². The second-order valence-corrected chi connectivity index (χ2v) is 4.17. The molecule has 0 atom stereocenters. The summed E-state index contributed by atoms with van der Waals surface area (Å²) in [7, 11) is 0. The molecule has 0 amide bonds. The molecule has 2 aromatic carbocycles. The van der Waals surface area contributed by atoms with E-state index in [9.17, 15) is 4.39 Å². The maximum atomic E-state index is 13.2. The minimum Gasteiger partial charge on any atom is -0.454 e. The standard InChI is InChI=1S/C12H8Cl2FNO/c13-7-4-5-10(8(14)6-7)17-11-3-1-2-9(15)12(11)16/h1-6H,16H2. The summed E-state index contributed by atoms with van der Waals surface area (Å²) in [6.07, 6.45) is 0. The number of halogens is 3. The molecule has 0 saturated carbocycles. The molecule has 0 aliphatic rings. The van der Waals surface area contributed by atoms with E-state index in [2.05, 4.69) is 0 Å². The summed E-state index contributed by atoms with van der Waals surface area (Å²) in [6, 6.07) is 9.07. The van der Waals surface area contributed by atoms with E-state index in [-0.39, 0.29) is 11.4 Å². The van der Waals surface area contributed by atoms with E-state index in [0.29, 0.717) is 15.8 Å². The number of benzene rings is 2. The van der Waals surface area contributed by atoms with E-state index in [0.717, 1.165) is 0 Å². The normalized spacial score (nSPS) is 10.3. The number of nitrogens with two attached hydrogens (primary N) is 1. The number of rotatable bonds is 2. The molecule has 0 aliphatic carbocycles. The number of anilines is 1. The van der Waals surface area contributed by atoms with Crippen molar-refractivity contribution in [2.24, 2.45) is 0 Å². The molecule has 88 valence electrons. The predicted molar refractivity (Wildman–Crippen MR) is 67.3 cm³/mol. The van der Waals surface area contributed by atoms with Crippen LogP contribution in [-0.4, -0.2) is 0 Å². The third-order valence-electron chi connectivity index (χ3n) is 2.13. The summed E-state index contributed by atoms with van der Waals surface area (Å²) in [5.74, 6) is 0.0511. The topological polar surface area (TPSA) is 35.2 Å². The minimum atomic E-state index is -0.535. The van der Waals surface area contributed by atoms with Gasteiger partial charge in [-0.15, -0.1) is 0 Å². The van der Waals surface area contributed by atoms with Crippen LogP contribution in [0.15, 0.2) is 36.4 Å². The second kappa shape index (κ2) is 4.82. The Kier molecular flexibility index (Phi) is 3.41. The molecule has 5 heteroatoms. The minimum absolute atomic E-state index is 0.0569. The highest BCUT2D eigenvalue weighted by molar-refractivity contribution is 6.35. The quantitative estimate of drug-likeness (QED) is 0.816. The Morgan fingerprint density at radius 3 is 2.53 bits per heavy atom. The largest absolute Gasteiger partial charge is 0.454 e. The van der Waals surface area contributed by atoms with Gasteiger partial charge in [0.05, 0.1) is 5.02 Å². The Morgan fingerprint density at radius 2 is 1.82 bits per heavy atom. The van der Waals surface area contributed by atoms with Crippen molar-refractivity contribution in [1.82, 2.24) is 0 Å². The van der Waals surface area contributed by atoms with Gasteiger partial charge in [0.15, 0.2) is 5.75 Å². The fourth-order valence-corrected chi connectivity index (χ4v) is 1.73. The molecule has 17 heavy (non-hydrogen) atoms. The molecule has 2 N–H and O–H groups in total. The molecule has 2 rings (SSSR count). The number of hydrogen-bond acceptors (Lipinski definition) is 2. The van der Waals surface area contributed by atoms with E-state index in [4.69, 9.17) is 33.7 Å². The van der Waals surface area contributed by atoms with Crippen molar-refractivity contribution in [3.63, 3.8) is 0 Å². The first kappa shape index (κ1) is 12.0. The molecule has 0 unspecified atom stereocenters. The highest BCUT2D eigenvalue weighted by Gasteiger charge is 2.09. The maximum Gasteiger partial charge on any atom is 0.153 e. The van der Waals surface area contributed by atoms with E-state index < -0.39 is 5.82 Å². The van der Waals surface area contributed by atoms with Crippen LogP contribution >= 0.6 is 23.2 Å². The molecule has 2 nitrogen and oxygen atoms in total. The predicted octanol–water partition coefficient (Wildman–Crippen LogP) is 4.51.